The Labute approximate surface area is 128 Å². The highest BCUT2D eigenvalue weighted by Crippen LogP contribution is 2.31. The molecule has 4 rings (SSSR count). The standard InChI is InChI=1S/C16H17N3O3/c20-16(15-10-21-13-5-1-2-6-14(13)22-15)18-11-4-3-9-19-12(11)7-8-17-19/h1-2,5-8,11,15H,3-4,9-10H2,(H,18,20). The largest absolute Gasteiger partial charge is 0.485 e. The zero-order valence-electron chi connectivity index (χ0n) is 12.1. The van der Waals surface area contributed by atoms with Crippen molar-refractivity contribution in [3.8, 4) is 11.5 Å². The smallest absolute Gasteiger partial charge is 0.265 e. The third-order valence-electron chi connectivity index (χ3n) is 4.09. The number of benzene rings is 1. The highest BCUT2D eigenvalue weighted by Gasteiger charge is 2.30. The van der Waals surface area contributed by atoms with E-state index >= 15 is 0 Å². The monoisotopic (exact) mass is 299 g/mol. The molecule has 2 unspecified atom stereocenters. The number of carbonyl (C=O) groups is 1. The highest BCUT2D eigenvalue weighted by atomic mass is 16.6. The van der Waals surface area contributed by atoms with E-state index in [4.69, 9.17) is 9.47 Å². The van der Waals surface area contributed by atoms with Crippen LogP contribution in [0.1, 0.15) is 24.6 Å². The van der Waals surface area contributed by atoms with Crippen LogP contribution in [0.25, 0.3) is 0 Å². The van der Waals surface area contributed by atoms with Gasteiger partial charge in [0.1, 0.15) is 6.61 Å². The predicted octanol–water partition coefficient (Wildman–Crippen LogP) is 1.67. The number of aryl methyl sites for hydroxylation is 1. The fourth-order valence-corrected chi connectivity index (χ4v) is 2.98. The molecule has 0 bridgehead atoms. The van der Waals surface area contributed by atoms with Crippen LogP contribution in [0, 0.1) is 0 Å². The molecule has 0 radical (unpaired) electrons. The van der Waals surface area contributed by atoms with E-state index in [2.05, 4.69) is 10.4 Å². The van der Waals surface area contributed by atoms with Gasteiger partial charge in [-0.1, -0.05) is 12.1 Å². The first-order chi connectivity index (χ1) is 10.8. The molecule has 0 aliphatic carbocycles. The Bertz CT molecular complexity index is 697. The van der Waals surface area contributed by atoms with Crippen molar-refractivity contribution in [3.05, 3.63) is 42.2 Å². The van der Waals surface area contributed by atoms with E-state index < -0.39 is 6.10 Å². The molecule has 0 saturated carbocycles. The number of nitrogens with zero attached hydrogens (tertiary/aromatic N) is 2. The van der Waals surface area contributed by atoms with E-state index in [9.17, 15) is 4.79 Å². The van der Waals surface area contributed by atoms with Crippen LogP contribution in [0.5, 0.6) is 11.5 Å². The van der Waals surface area contributed by atoms with Crippen LogP contribution in [-0.2, 0) is 11.3 Å². The summed E-state index contributed by atoms with van der Waals surface area (Å²) in [7, 11) is 0. The maximum atomic E-state index is 12.5. The quantitative estimate of drug-likeness (QED) is 0.916. The first-order valence-electron chi connectivity index (χ1n) is 7.52. The Kier molecular flexibility index (Phi) is 3.21. The minimum atomic E-state index is -0.617. The average molecular weight is 299 g/mol. The van der Waals surface area contributed by atoms with Crippen LogP contribution in [0.15, 0.2) is 36.5 Å². The molecule has 0 saturated heterocycles. The summed E-state index contributed by atoms with van der Waals surface area (Å²) >= 11 is 0. The summed E-state index contributed by atoms with van der Waals surface area (Å²) in [5, 5.41) is 7.32. The topological polar surface area (TPSA) is 65.4 Å². The second kappa shape index (κ2) is 5.36. The van der Waals surface area contributed by atoms with Gasteiger partial charge in [0.05, 0.1) is 11.7 Å². The van der Waals surface area contributed by atoms with Gasteiger partial charge in [0, 0.05) is 12.7 Å². The fourth-order valence-electron chi connectivity index (χ4n) is 2.98. The molecule has 22 heavy (non-hydrogen) atoms. The van der Waals surface area contributed by atoms with Crippen molar-refractivity contribution in [3.63, 3.8) is 0 Å². The van der Waals surface area contributed by atoms with Gasteiger partial charge in [-0.05, 0) is 31.0 Å². The number of hydrogen-bond acceptors (Lipinski definition) is 4. The molecular formula is C16H17N3O3. The third kappa shape index (κ3) is 2.30. The highest BCUT2D eigenvalue weighted by molar-refractivity contribution is 5.82. The second-order valence-electron chi connectivity index (χ2n) is 5.55. The Balaban J connectivity index is 1.46. The minimum absolute atomic E-state index is 0.00970. The molecule has 1 aromatic carbocycles. The van der Waals surface area contributed by atoms with Gasteiger partial charge in [0.25, 0.3) is 5.91 Å². The van der Waals surface area contributed by atoms with Crippen LogP contribution in [0.4, 0.5) is 0 Å². The molecule has 1 aromatic heterocycles. The van der Waals surface area contributed by atoms with Gasteiger partial charge in [-0.25, -0.2) is 0 Å². The maximum Gasteiger partial charge on any atom is 0.265 e. The van der Waals surface area contributed by atoms with Crippen LogP contribution in [0.3, 0.4) is 0 Å². The average Bonchev–Trinajstić information content (AvgIpc) is 3.04. The van der Waals surface area contributed by atoms with Crippen molar-refractivity contribution in [2.45, 2.75) is 31.5 Å². The molecule has 1 amide bonds. The third-order valence-corrected chi connectivity index (χ3v) is 4.09. The molecule has 114 valence electrons. The Morgan fingerprint density at radius 2 is 2.14 bits per heavy atom. The van der Waals surface area contributed by atoms with Crippen molar-refractivity contribution in [1.29, 1.82) is 0 Å². The van der Waals surface area contributed by atoms with Crippen molar-refractivity contribution < 1.29 is 14.3 Å². The van der Waals surface area contributed by atoms with Gasteiger partial charge in [-0.2, -0.15) is 5.10 Å². The first-order valence-corrected chi connectivity index (χ1v) is 7.52. The van der Waals surface area contributed by atoms with Gasteiger partial charge >= 0.3 is 0 Å². The van der Waals surface area contributed by atoms with Crippen molar-refractivity contribution in [1.82, 2.24) is 15.1 Å². The van der Waals surface area contributed by atoms with E-state index in [1.54, 1.807) is 6.20 Å². The number of amides is 1. The van der Waals surface area contributed by atoms with Gasteiger partial charge in [-0.15, -0.1) is 0 Å². The zero-order chi connectivity index (χ0) is 14.9. The van der Waals surface area contributed by atoms with Crippen LogP contribution >= 0.6 is 0 Å². The summed E-state index contributed by atoms with van der Waals surface area (Å²) in [4.78, 5) is 12.5. The molecule has 3 heterocycles. The van der Waals surface area contributed by atoms with E-state index in [1.807, 2.05) is 35.0 Å². The molecular weight excluding hydrogens is 282 g/mol. The summed E-state index contributed by atoms with van der Waals surface area (Å²) in [6, 6.07) is 9.34. The van der Waals surface area contributed by atoms with Gasteiger partial charge in [0.2, 0.25) is 6.10 Å². The molecule has 6 heteroatoms. The zero-order valence-corrected chi connectivity index (χ0v) is 12.1. The summed E-state index contributed by atoms with van der Waals surface area (Å²) in [6.45, 7) is 1.14. The Hall–Kier alpha value is -2.50. The Morgan fingerprint density at radius 1 is 1.27 bits per heavy atom. The molecule has 2 aliphatic rings. The molecule has 1 N–H and O–H groups in total. The number of fused-ring (bicyclic) bond motifs is 2. The second-order valence-corrected chi connectivity index (χ2v) is 5.55. The fraction of sp³-hybridized carbons (Fsp3) is 0.375. The molecule has 2 atom stereocenters. The van der Waals surface area contributed by atoms with Gasteiger partial charge in [-0.3, -0.25) is 9.48 Å². The number of para-hydroxylation sites is 2. The van der Waals surface area contributed by atoms with Gasteiger partial charge < -0.3 is 14.8 Å². The maximum absolute atomic E-state index is 12.5. The minimum Gasteiger partial charge on any atom is -0.485 e. The number of rotatable bonds is 2. The van der Waals surface area contributed by atoms with Crippen LogP contribution in [-0.4, -0.2) is 28.4 Å². The summed E-state index contributed by atoms with van der Waals surface area (Å²) < 4.78 is 13.3. The lowest BCUT2D eigenvalue weighted by Gasteiger charge is -2.29. The molecule has 2 aromatic rings. The van der Waals surface area contributed by atoms with Crippen LogP contribution in [0.2, 0.25) is 0 Å². The van der Waals surface area contributed by atoms with Crippen molar-refractivity contribution in [2.24, 2.45) is 0 Å². The summed E-state index contributed by atoms with van der Waals surface area (Å²) in [6.07, 6.45) is 3.08. The number of aromatic nitrogens is 2. The van der Waals surface area contributed by atoms with Gasteiger partial charge in [0.15, 0.2) is 11.5 Å². The molecule has 2 aliphatic heterocycles. The van der Waals surface area contributed by atoms with Crippen molar-refractivity contribution in [2.75, 3.05) is 6.61 Å². The predicted molar refractivity (Wildman–Crippen MR) is 78.7 cm³/mol. The van der Waals surface area contributed by atoms with Crippen molar-refractivity contribution >= 4 is 5.91 Å². The molecule has 6 nitrogen and oxygen atoms in total. The first kappa shape index (κ1) is 13.2. The van der Waals surface area contributed by atoms with E-state index in [0.717, 1.165) is 25.1 Å². The number of nitrogens with one attached hydrogen (secondary N) is 1. The lowest BCUT2D eigenvalue weighted by atomic mass is 10.0. The lowest BCUT2D eigenvalue weighted by molar-refractivity contribution is -0.131. The number of hydrogen-bond donors (Lipinski definition) is 1. The summed E-state index contributed by atoms with van der Waals surface area (Å²) in [5.74, 6) is 1.15. The van der Waals surface area contributed by atoms with E-state index in [-0.39, 0.29) is 18.6 Å². The normalized spacial score (nSPS) is 22.7. The lowest BCUT2D eigenvalue weighted by Crippen LogP contribution is -2.46. The molecule has 0 spiro atoms. The van der Waals surface area contributed by atoms with E-state index in [1.165, 1.54) is 0 Å². The van der Waals surface area contributed by atoms with Crippen LogP contribution < -0.4 is 14.8 Å². The van der Waals surface area contributed by atoms with E-state index in [0.29, 0.717) is 11.5 Å². The SMILES string of the molecule is O=C(NC1CCCn2nccc21)C1COc2ccccc2O1. The Morgan fingerprint density at radius 3 is 3.05 bits per heavy atom. The summed E-state index contributed by atoms with van der Waals surface area (Å²) in [5.41, 5.74) is 1.05. The number of carbonyl (C=O) groups excluding carboxylic acids is 1. The number of ether oxygens (including phenoxy) is 2. The molecule has 0 fully saturated rings.